The van der Waals surface area contributed by atoms with Crippen molar-refractivity contribution in [2.75, 3.05) is 14.2 Å². The maximum Gasteiger partial charge on any atom is 0.324 e. The van der Waals surface area contributed by atoms with Gasteiger partial charge in [0.25, 0.3) is 0 Å². The van der Waals surface area contributed by atoms with Crippen molar-refractivity contribution in [2.24, 2.45) is 9.81 Å². The van der Waals surface area contributed by atoms with Gasteiger partial charge in [0.1, 0.15) is 11.0 Å². The number of esters is 2. The van der Waals surface area contributed by atoms with E-state index in [2.05, 4.69) is 22.8 Å². The Morgan fingerprint density at radius 2 is 1.73 bits per heavy atom. The minimum atomic E-state index is -1.48. The summed E-state index contributed by atoms with van der Waals surface area (Å²) in [6, 6.07) is 0. The Morgan fingerprint density at radius 3 is 2.19 bits per heavy atom. The van der Waals surface area contributed by atoms with Crippen molar-refractivity contribution in [3.63, 3.8) is 0 Å². The third-order valence-electron chi connectivity index (χ3n) is 3.49. The fraction of sp³-hybridized carbons (Fsp3) is 0.632. The Kier molecular flexibility index (Phi) is 10.8. The van der Waals surface area contributed by atoms with Crippen molar-refractivity contribution in [3.8, 4) is 11.8 Å². The molecule has 6 nitrogen and oxygen atoms in total. The van der Waals surface area contributed by atoms with Gasteiger partial charge >= 0.3 is 11.9 Å². The molecule has 0 saturated carbocycles. The molecule has 0 N–H and O–H groups in total. The lowest BCUT2D eigenvalue weighted by Gasteiger charge is -2.24. The Hall–Kier alpha value is -1.94. The van der Waals surface area contributed by atoms with Gasteiger partial charge in [-0.2, -0.15) is 4.40 Å². The number of nitrogens with zero attached hydrogens (tertiary/aromatic N) is 1. The molecule has 0 radical (unpaired) electrons. The van der Waals surface area contributed by atoms with Crippen molar-refractivity contribution in [3.05, 3.63) is 12.7 Å². The van der Waals surface area contributed by atoms with Crippen molar-refractivity contribution >= 4 is 29.1 Å². The molecule has 0 aromatic carbocycles. The summed E-state index contributed by atoms with van der Waals surface area (Å²) in [6.45, 7) is 9.18. The largest absolute Gasteiger partial charge is 0.468 e. The second kappa shape index (κ2) is 11.6. The van der Waals surface area contributed by atoms with Crippen LogP contribution in [0.5, 0.6) is 0 Å². The average Bonchev–Trinajstić information content (AvgIpc) is 2.60. The van der Waals surface area contributed by atoms with E-state index >= 15 is 0 Å². The smallest absolute Gasteiger partial charge is 0.324 e. The number of unbranched alkanes of at least 4 members (excludes halogenated alkanes) is 2. The first-order chi connectivity index (χ1) is 12.2. The lowest BCUT2D eigenvalue weighted by molar-refractivity contribution is -0.168. The van der Waals surface area contributed by atoms with Gasteiger partial charge in [-0.1, -0.05) is 6.08 Å². The highest BCUT2D eigenvalue weighted by Crippen LogP contribution is 2.30. The molecule has 0 aromatic heterocycles. The highest BCUT2D eigenvalue weighted by molar-refractivity contribution is 7.85. The molecule has 0 saturated heterocycles. The van der Waals surface area contributed by atoms with Crippen LogP contribution in [0.2, 0.25) is 0 Å². The normalized spacial score (nSPS) is 12.8. The molecule has 0 heterocycles. The first-order valence-corrected chi connectivity index (χ1v) is 9.44. The van der Waals surface area contributed by atoms with Crippen LogP contribution >= 0.6 is 0 Å². The van der Waals surface area contributed by atoms with Crippen molar-refractivity contribution in [1.29, 1.82) is 0 Å². The first-order valence-electron chi connectivity index (χ1n) is 8.33. The fourth-order valence-corrected chi connectivity index (χ4v) is 2.52. The third-order valence-corrected chi connectivity index (χ3v) is 4.88. The quantitative estimate of drug-likeness (QED) is 0.153. The van der Waals surface area contributed by atoms with E-state index in [9.17, 15) is 13.8 Å². The van der Waals surface area contributed by atoms with Crippen molar-refractivity contribution in [1.82, 2.24) is 0 Å². The number of methoxy groups -OCH3 is 2. The van der Waals surface area contributed by atoms with Crippen LogP contribution in [0.15, 0.2) is 17.1 Å². The zero-order valence-electron chi connectivity index (χ0n) is 16.3. The van der Waals surface area contributed by atoms with E-state index < -0.39 is 28.3 Å². The number of carbonyl (C=O) groups excluding carboxylic acids is 2. The SMILES string of the molecule is C=CCC(CC#CCCC/C=N/S(=O)C(C)(C)C)(C(=O)OC)C(=O)OC. The summed E-state index contributed by atoms with van der Waals surface area (Å²) in [5.41, 5.74) is -1.48. The standard InChI is InChI=1S/C19H29NO5S/c1-7-13-19(16(21)24-5,17(22)25-6)14-11-9-8-10-12-15-20-26(23)18(2,3)4/h7,15H,1,8,10,12-14H2,2-6H3/b20-15+. The van der Waals surface area contributed by atoms with E-state index in [1.807, 2.05) is 20.8 Å². The maximum atomic E-state index is 12.1. The number of carbonyl (C=O) groups is 2. The molecule has 0 aromatic rings. The van der Waals surface area contributed by atoms with Crippen LogP contribution in [0.4, 0.5) is 0 Å². The Labute approximate surface area is 159 Å². The summed E-state index contributed by atoms with van der Waals surface area (Å²) in [6.07, 6.45) is 5.17. The van der Waals surface area contributed by atoms with Gasteiger partial charge in [-0.15, -0.1) is 18.4 Å². The molecule has 0 rings (SSSR count). The molecule has 0 bridgehead atoms. The Balaban J connectivity index is 4.72. The van der Waals surface area contributed by atoms with E-state index in [1.165, 1.54) is 20.3 Å². The number of hydrogen-bond donors (Lipinski definition) is 0. The molecular formula is C19H29NO5S. The summed E-state index contributed by atoms with van der Waals surface area (Å²) in [5, 5.41) is 0. The summed E-state index contributed by atoms with van der Waals surface area (Å²) in [4.78, 5) is 24.2. The van der Waals surface area contributed by atoms with E-state index in [1.54, 1.807) is 6.21 Å². The van der Waals surface area contributed by atoms with Gasteiger partial charge in [0.2, 0.25) is 0 Å². The predicted molar refractivity (Wildman–Crippen MR) is 104 cm³/mol. The van der Waals surface area contributed by atoms with Crippen LogP contribution in [-0.2, 0) is 30.0 Å². The van der Waals surface area contributed by atoms with Gasteiger partial charge in [-0.3, -0.25) is 9.59 Å². The van der Waals surface area contributed by atoms with Crippen LogP contribution in [0.3, 0.4) is 0 Å². The average molecular weight is 384 g/mol. The number of hydrogen-bond acceptors (Lipinski definition) is 5. The number of ether oxygens (including phenoxy) is 2. The fourth-order valence-electron chi connectivity index (χ4n) is 1.97. The molecule has 26 heavy (non-hydrogen) atoms. The molecule has 0 amide bonds. The molecule has 146 valence electrons. The molecule has 0 aliphatic heterocycles. The van der Waals surface area contributed by atoms with Crippen molar-refractivity contribution < 1.29 is 23.3 Å². The topological polar surface area (TPSA) is 82.0 Å². The lowest BCUT2D eigenvalue weighted by Crippen LogP contribution is -2.40. The molecule has 0 aliphatic rings. The molecule has 0 fully saturated rings. The van der Waals surface area contributed by atoms with Gasteiger partial charge in [0, 0.05) is 19.1 Å². The van der Waals surface area contributed by atoms with Crippen LogP contribution < -0.4 is 0 Å². The Bertz CT molecular complexity index is 592. The minimum absolute atomic E-state index is 0.000493. The molecule has 0 aliphatic carbocycles. The molecule has 0 spiro atoms. The van der Waals surface area contributed by atoms with E-state index in [4.69, 9.17) is 9.47 Å². The zero-order chi connectivity index (χ0) is 20.2. The van der Waals surface area contributed by atoms with Crippen LogP contribution in [0.25, 0.3) is 0 Å². The van der Waals surface area contributed by atoms with Gasteiger partial charge < -0.3 is 9.47 Å². The highest BCUT2D eigenvalue weighted by atomic mass is 32.2. The van der Waals surface area contributed by atoms with Gasteiger partial charge in [-0.25, -0.2) is 4.21 Å². The maximum absolute atomic E-state index is 12.1. The second-order valence-electron chi connectivity index (χ2n) is 6.63. The van der Waals surface area contributed by atoms with Gasteiger partial charge in [0.05, 0.1) is 19.0 Å². The molecule has 7 heteroatoms. The van der Waals surface area contributed by atoms with Gasteiger partial charge in [-0.05, 0) is 40.0 Å². The minimum Gasteiger partial charge on any atom is -0.468 e. The number of allylic oxidation sites excluding steroid dienone is 1. The van der Waals surface area contributed by atoms with Crippen LogP contribution in [0, 0.1) is 17.3 Å². The monoisotopic (exact) mass is 383 g/mol. The van der Waals surface area contributed by atoms with Gasteiger partial charge in [0.15, 0.2) is 5.41 Å². The molecule has 1 atom stereocenters. The van der Waals surface area contributed by atoms with E-state index in [0.29, 0.717) is 12.8 Å². The number of rotatable bonds is 9. The first kappa shape index (κ1) is 24.1. The Morgan fingerprint density at radius 1 is 1.15 bits per heavy atom. The van der Waals surface area contributed by atoms with Crippen LogP contribution in [0.1, 0.15) is 52.9 Å². The lowest BCUT2D eigenvalue weighted by atomic mass is 9.81. The summed E-state index contributed by atoms with van der Waals surface area (Å²) in [5.74, 6) is 4.43. The highest BCUT2D eigenvalue weighted by Gasteiger charge is 2.46. The van der Waals surface area contributed by atoms with Crippen molar-refractivity contribution in [2.45, 2.75) is 57.6 Å². The summed E-state index contributed by atoms with van der Waals surface area (Å²) in [7, 11) is 1.19. The zero-order valence-corrected chi connectivity index (χ0v) is 17.1. The third kappa shape index (κ3) is 7.52. The molecule has 1 unspecified atom stereocenters. The second-order valence-corrected chi connectivity index (χ2v) is 8.56. The predicted octanol–water partition coefficient (Wildman–Crippen LogP) is 2.99. The van der Waals surface area contributed by atoms with E-state index in [0.717, 1.165) is 6.42 Å². The summed E-state index contributed by atoms with van der Waals surface area (Å²) < 4.78 is 24.9. The van der Waals surface area contributed by atoms with Crippen LogP contribution in [-0.4, -0.2) is 41.3 Å². The molecular weight excluding hydrogens is 354 g/mol. The van der Waals surface area contributed by atoms with E-state index in [-0.39, 0.29) is 17.6 Å². The summed E-state index contributed by atoms with van der Waals surface area (Å²) >= 11 is 0.